The lowest BCUT2D eigenvalue weighted by Gasteiger charge is -2.32. The van der Waals surface area contributed by atoms with E-state index in [1.54, 1.807) is 0 Å². The molecule has 40 heavy (non-hydrogen) atoms. The molecule has 5 aromatic carbocycles. The Balaban J connectivity index is 1.39. The molecule has 0 radical (unpaired) electrons. The standard InChI is InChI=1S/C39H35N/c40-39(28-27-37(32-19-9-3-10-20-32)33-21-11-4-12-22-33)35(29-34-23-13-14-24-38(34)39)25-26-36(30-15-5-1-6-16-30)31-17-7-2-8-18-31/h1-24,26-27,35H,25,28-29,40H2. The van der Waals surface area contributed by atoms with Gasteiger partial charge in [-0.25, -0.2) is 0 Å². The summed E-state index contributed by atoms with van der Waals surface area (Å²) in [6.45, 7) is 0. The minimum absolute atomic E-state index is 0.288. The van der Waals surface area contributed by atoms with Gasteiger partial charge in [-0.2, -0.15) is 0 Å². The monoisotopic (exact) mass is 517 g/mol. The Kier molecular flexibility index (Phi) is 7.57. The van der Waals surface area contributed by atoms with E-state index >= 15 is 0 Å². The summed E-state index contributed by atoms with van der Waals surface area (Å²) in [7, 11) is 0. The molecule has 5 aromatic rings. The SMILES string of the molecule is NC1(CC=C(c2ccccc2)c2ccccc2)c2ccccc2CC1CC=C(c1ccccc1)c1ccccc1. The molecule has 0 fully saturated rings. The molecule has 0 saturated carbocycles. The number of hydrogen-bond acceptors (Lipinski definition) is 1. The lowest BCUT2D eigenvalue weighted by molar-refractivity contribution is 0.306. The maximum Gasteiger partial charge on any atom is 0.0482 e. The summed E-state index contributed by atoms with van der Waals surface area (Å²) in [5.74, 6) is 0.288. The first-order valence-electron chi connectivity index (χ1n) is 14.2. The highest BCUT2D eigenvalue weighted by Gasteiger charge is 2.42. The highest BCUT2D eigenvalue weighted by molar-refractivity contribution is 5.80. The van der Waals surface area contributed by atoms with Gasteiger partial charge >= 0.3 is 0 Å². The van der Waals surface area contributed by atoms with Crippen molar-refractivity contribution in [2.24, 2.45) is 11.7 Å². The van der Waals surface area contributed by atoms with Crippen LogP contribution in [0, 0.1) is 5.92 Å². The van der Waals surface area contributed by atoms with Crippen LogP contribution in [0.25, 0.3) is 11.1 Å². The Bertz CT molecular complexity index is 1520. The minimum atomic E-state index is -0.458. The van der Waals surface area contributed by atoms with Gasteiger partial charge in [-0.1, -0.05) is 158 Å². The summed E-state index contributed by atoms with van der Waals surface area (Å²) in [4.78, 5) is 0. The fourth-order valence-electron chi connectivity index (χ4n) is 6.20. The summed E-state index contributed by atoms with van der Waals surface area (Å²) >= 11 is 0. The second kappa shape index (κ2) is 11.7. The zero-order valence-electron chi connectivity index (χ0n) is 22.8. The van der Waals surface area contributed by atoms with Crippen molar-refractivity contribution >= 4 is 11.1 Å². The second-order valence-corrected chi connectivity index (χ2v) is 10.7. The van der Waals surface area contributed by atoms with Crippen molar-refractivity contribution in [2.75, 3.05) is 0 Å². The molecule has 0 aliphatic heterocycles. The molecule has 1 heteroatoms. The van der Waals surface area contributed by atoms with E-state index in [0.29, 0.717) is 0 Å². The maximum absolute atomic E-state index is 7.51. The van der Waals surface area contributed by atoms with Crippen LogP contribution in [0.2, 0.25) is 0 Å². The first kappa shape index (κ1) is 25.8. The van der Waals surface area contributed by atoms with Crippen LogP contribution in [-0.4, -0.2) is 0 Å². The second-order valence-electron chi connectivity index (χ2n) is 10.7. The third-order valence-electron chi connectivity index (χ3n) is 8.30. The quantitative estimate of drug-likeness (QED) is 0.218. The zero-order chi connectivity index (χ0) is 27.2. The van der Waals surface area contributed by atoms with E-state index in [9.17, 15) is 0 Å². The van der Waals surface area contributed by atoms with Crippen molar-refractivity contribution in [3.63, 3.8) is 0 Å². The van der Waals surface area contributed by atoms with Crippen LogP contribution >= 0.6 is 0 Å². The van der Waals surface area contributed by atoms with E-state index in [0.717, 1.165) is 19.3 Å². The first-order chi connectivity index (χ1) is 19.7. The van der Waals surface area contributed by atoms with E-state index in [1.807, 2.05) is 0 Å². The summed E-state index contributed by atoms with van der Waals surface area (Å²) in [6.07, 6.45) is 7.46. The Hall–Kier alpha value is -4.46. The normalized spacial score (nSPS) is 17.6. The molecule has 0 bridgehead atoms. The molecule has 2 atom stereocenters. The summed E-state index contributed by atoms with van der Waals surface area (Å²) < 4.78 is 0. The Morgan fingerprint density at radius 1 is 0.550 bits per heavy atom. The number of rotatable bonds is 8. The highest BCUT2D eigenvalue weighted by Crippen LogP contribution is 2.45. The molecule has 0 amide bonds. The average molecular weight is 518 g/mol. The maximum atomic E-state index is 7.51. The minimum Gasteiger partial charge on any atom is -0.321 e. The molecule has 2 N–H and O–H groups in total. The van der Waals surface area contributed by atoms with Crippen molar-refractivity contribution in [1.82, 2.24) is 0 Å². The molecule has 0 heterocycles. The lowest BCUT2D eigenvalue weighted by Crippen LogP contribution is -2.40. The van der Waals surface area contributed by atoms with Crippen molar-refractivity contribution < 1.29 is 0 Å². The number of allylic oxidation sites excluding steroid dienone is 1. The third-order valence-corrected chi connectivity index (χ3v) is 8.30. The van der Waals surface area contributed by atoms with Gasteiger partial charge in [0.1, 0.15) is 0 Å². The Morgan fingerprint density at radius 2 is 0.950 bits per heavy atom. The van der Waals surface area contributed by atoms with Gasteiger partial charge in [-0.05, 0) is 69.7 Å². The van der Waals surface area contributed by atoms with Gasteiger partial charge in [-0.3, -0.25) is 0 Å². The number of nitrogens with two attached hydrogens (primary N) is 1. The third kappa shape index (κ3) is 5.34. The van der Waals surface area contributed by atoms with Crippen LogP contribution in [0.5, 0.6) is 0 Å². The molecule has 196 valence electrons. The highest BCUT2D eigenvalue weighted by atomic mass is 14.8. The van der Waals surface area contributed by atoms with E-state index in [4.69, 9.17) is 5.73 Å². The molecule has 0 saturated heterocycles. The molecular weight excluding hydrogens is 482 g/mol. The van der Waals surface area contributed by atoms with Crippen LogP contribution in [0.4, 0.5) is 0 Å². The smallest absolute Gasteiger partial charge is 0.0482 e. The number of hydrogen-bond donors (Lipinski definition) is 1. The topological polar surface area (TPSA) is 26.0 Å². The van der Waals surface area contributed by atoms with Crippen LogP contribution < -0.4 is 5.73 Å². The van der Waals surface area contributed by atoms with Crippen LogP contribution in [0.3, 0.4) is 0 Å². The lowest BCUT2D eigenvalue weighted by atomic mass is 9.78. The van der Waals surface area contributed by atoms with Crippen molar-refractivity contribution in [2.45, 2.75) is 24.8 Å². The fourth-order valence-corrected chi connectivity index (χ4v) is 6.20. The van der Waals surface area contributed by atoms with Gasteiger partial charge in [0.2, 0.25) is 0 Å². The van der Waals surface area contributed by atoms with E-state index in [-0.39, 0.29) is 5.92 Å². The predicted octanol–water partition coefficient (Wildman–Crippen LogP) is 9.06. The van der Waals surface area contributed by atoms with Crippen LogP contribution in [-0.2, 0) is 12.0 Å². The molecule has 1 nitrogen and oxygen atoms in total. The van der Waals surface area contributed by atoms with E-state index < -0.39 is 5.54 Å². The van der Waals surface area contributed by atoms with Crippen LogP contribution in [0.15, 0.2) is 158 Å². The van der Waals surface area contributed by atoms with Gasteiger partial charge in [0.25, 0.3) is 0 Å². The van der Waals surface area contributed by atoms with Crippen LogP contribution in [0.1, 0.15) is 46.2 Å². The fraction of sp³-hybridized carbons (Fsp3) is 0.128. The first-order valence-corrected chi connectivity index (χ1v) is 14.2. The molecule has 0 spiro atoms. The average Bonchev–Trinajstić information content (AvgIpc) is 3.31. The van der Waals surface area contributed by atoms with Gasteiger partial charge in [-0.15, -0.1) is 0 Å². The van der Waals surface area contributed by atoms with Crippen molar-refractivity contribution in [1.29, 1.82) is 0 Å². The predicted molar refractivity (Wildman–Crippen MR) is 169 cm³/mol. The number of benzene rings is 5. The Morgan fingerprint density at radius 3 is 1.43 bits per heavy atom. The van der Waals surface area contributed by atoms with Crippen molar-refractivity contribution in [3.8, 4) is 0 Å². The summed E-state index contributed by atoms with van der Waals surface area (Å²) in [5, 5.41) is 0. The summed E-state index contributed by atoms with van der Waals surface area (Å²) in [6, 6.07) is 51.5. The van der Waals surface area contributed by atoms with Crippen molar-refractivity contribution in [3.05, 3.63) is 191 Å². The molecule has 1 aliphatic rings. The molecule has 0 aromatic heterocycles. The molecule has 2 unspecified atom stereocenters. The zero-order valence-corrected chi connectivity index (χ0v) is 22.8. The van der Waals surface area contributed by atoms with Gasteiger partial charge in [0, 0.05) is 5.54 Å². The van der Waals surface area contributed by atoms with Gasteiger partial charge < -0.3 is 5.73 Å². The molecule has 1 aliphatic carbocycles. The van der Waals surface area contributed by atoms with Gasteiger partial charge in [0.05, 0.1) is 0 Å². The molecule has 6 rings (SSSR count). The molecular formula is C39H35N. The van der Waals surface area contributed by atoms with E-state index in [2.05, 4.69) is 158 Å². The largest absolute Gasteiger partial charge is 0.321 e. The number of fused-ring (bicyclic) bond motifs is 1. The van der Waals surface area contributed by atoms with E-state index in [1.165, 1.54) is 44.5 Å². The summed E-state index contributed by atoms with van der Waals surface area (Å²) in [5.41, 5.74) is 17.1. The van der Waals surface area contributed by atoms with Gasteiger partial charge in [0.15, 0.2) is 0 Å². The Labute approximate surface area is 238 Å².